The summed E-state index contributed by atoms with van der Waals surface area (Å²) in [6.07, 6.45) is 0.950. The fraction of sp³-hybridized carbons (Fsp3) is 0.222. The summed E-state index contributed by atoms with van der Waals surface area (Å²) in [5.74, 6) is -1.90. The lowest BCUT2D eigenvalue weighted by Gasteiger charge is -2.05. The van der Waals surface area contributed by atoms with Crippen LogP contribution in [-0.4, -0.2) is 26.3 Å². The smallest absolute Gasteiger partial charge is 0.239 e. The van der Waals surface area contributed by atoms with Crippen LogP contribution in [0, 0.1) is 5.82 Å². The molecule has 0 heterocycles. The van der Waals surface area contributed by atoms with Gasteiger partial charge in [-0.1, -0.05) is 0 Å². The second-order valence-corrected chi connectivity index (χ2v) is 5.49. The lowest BCUT2D eigenvalue weighted by atomic mass is 10.2. The van der Waals surface area contributed by atoms with Crippen molar-refractivity contribution >= 4 is 27.1 Å². The summed E-state index contributed by atoms with van der Waals surface area (Å²) in [5, 5.41) is 2.30. The van der Waals surface area contributed by atoms with Gasteiger partial charge >= 0.3 is 0 Å². The summed E-state index contributed by atoms with van der Waals surface area (Å²) in [4.78, 5) is 11.2. The predicted molar refractivity (Wildman–Crippen MR) is 59.2 cm³/mol. The molecule has 7 heteroatoms. The lowest BCUT2D eigenvalue weighted by Crippen LogP contribution is -2.21. The van der Waals surface area contributed by atoms with E-state index in [0.29, 0.717) is 0 Å². The minimum absolute atomic E-state index is 0.114. The first-order chi connectivity index (χ1) is 7.28. The Hall–Kier alpha value is -1.63. The van der Waals surface area contributed by atoms with E-state index < -0.39 is 27.3 Å². The van der Waals surface area contributed by atoms with E-state index in [2.05, 4.69) is 5.32 Å². The van der Waals surface area contributed by atoms with Crippen molar-refractivity contribution in [2.24, 2.45) is 0 Å². The molecule has 0 fully saturated rings. The normalized spacial score (nSPS) is 11.1. The molecule has 0 aliphatic rings. The summed E-state index contributed by atoms with van der Waals surface area (Å²) >= 11 is 0. The zero-order valence-corrected chi connectivity index (χ0v) is 9.34. The fourth-order valence-electron chi connectivity index (χ4n) is 1.06. The van der Waals surface area contributed by atoms with E-state index in [9.17, 15) is 17.6 Å². The number of sulfone groups is 1. The first-order valence-corrected chi connectivity index (χ1v) is 6.36. The Morgan fingerprint density at radius 2 is 2.12 bits per heavy atom. The molecule has 3 N–H and O–H groups in total. The number of rotatable bonds is 3. The lowest BCUT2D eigenvalue weighted by molar-refractivity contribution is -0.113. The monoisotopic (exact) mass is 246 g/mol. The summed E-state index contributed by atoms with van der Waals surface area (Å²) < 4.78 is 34.4. The molecule has 0 radical (unpaired) electrons. The highest BCUT2D eigenvalue weighted by molar-refractivity contribution is 7.91. The number of benzene rings is 1. The molecular formula is C9H11FN2O3S. The molecule has 1 aromatic carbocycles. The zero-order valence-electron chi connectivity index (χ0n) is 8.53. The van der Waals surface area contributed by atoms with Crippen molar-refractivity contribution in [2.75, 3.05) is 23.1 Å². The fourth-order valence-corrected chi connectivity index (χ4v) is 1.61. The summed E-state index contributed by atoms with van der Waals surface area (Å²) in [7, 11) is -3.38. The second-order valence-electron chi connectivity index (χ2n) is 3.35. The van der Waals surface area contributed by atoms with Crippen LogP contribution in [0.5, 0.6) is 0 Å². The highest BCUT2D eigenvalue weighted by Gasteiger charge is 2.11. The van der Waals surface area contributed by atoms with Gasteiger partial charge in [0.15, 0.2) is 9.84 Å². The van der Waals surface area contributed by atoms with Gasteiger partial charge in [0.05, 0.1) is 5.69 Å². The molecule has 0 atom stereocenters. The van der Waals surface area contributed by atoms with Crippen molar-refractivity contribution in [1.82, 2.24) is 0 Å². The molecule has 16 heavy (non-hydrogen) atoms. The molecule has 0 spiro atoms. The van der Waals surface area contributed by atoms with Crippen molar-refractivity contribution in [2.45, 2.75) is 0 Å². The van der Waals surface area contributed by atoms with E-state index in [1.807, 2.05) is 0 Å². The molecule has 0 unspecified atom stereocenters. The Morgan fingerprint density at radius 1 is 1.50 bits per heavy atom. The van der Waals surface area contributed by atoms with Crippen molar-refractivity contribution in [3.8, 4) is 0 Å². The third-order valence-electron chi connectivity index (χ3n) is 1.67. The van der Waals surface area contributed by atoms with E-state index in [0.717, 1.165) is 12.3 Å². The number of nitrogens with one attached hydrogen (secondary N) is 1. The Bertz CT molecular complexity index is 513. The van der Waals surface area contributed by atoms with Crippen molar-refractivity contribution in [3.05, 3.63) is 24.0 Å². The highest BCUT2D eigenvalue weighted by atomic mass is 32.2. The molecule has 0 saturated heterocycles. The van der Waals surface area contributed by atoms with Gasteiger partial charge < -0.3 is 11.1 Å². The van der Waals surface area contributed by atoms with Crippen LogP contribution in [0.25, 0.3) is 0 Å². The zero-order chi connectivity index (χ0) is 12.3. The number of carbonyl (C=O) groups is 1. The topological polar surface area (TPSA) is 89.3 Å². The molecule has 0 aromatic heterocycles. The van der Waals surface area contributed by atoms with Gasteiger partial charge in [-0.05, 0) is 18.2 Å². The van der Waals surface area contributed by atoms with Gasteiger partial charge in [0.2, 0.25) is 5.91 Å². The van der Waals surface area contributed by atoms with Gasteiger partial charge in [0.1, 0.15) is 11.6 Å². The van der Waals surface area contributed by atoms with Crippen molar-refractivity contribution < 1.29 is 17.6 Å². The van der Waals surface area contributed by atoms with Gasteiger partial charge in [-0.15, -0.1) is 0 Å². The first kappa shape index (κ1) is 12.4. The number of nitrogen functional groups attached to an aromatic ring is 1. The van der Waals surface area contributed by atoms with Gasteiger partial charge in [-0.3, -0.25) is 4.79 Å². The Balaban J connectivity index is 2.74. The number of carbonyl (C=O) groups excluding carboxylic acids is 1. The molecule has 1 aromatic rings. The molecule has 0 aliphatic heterocycles. The van der Waals surface area contributed by atoms with Crippen LogP contribution in [0.3, 0.4) is 0 Å². The number of amides is 1. The maximum absolute atomic E-state index is 12.8. The molecule has 0 bridgehead atoms. The van der Waals surface area contributed by atoms with Gasteiger partial charge in [0.25, 0.3) is 0 Å². The van der Waals surface area contributed by atoms with Gasteiger partial charge in [-0.25, -0.2) is 12.8 Å². The average Bonchev–Trinajstić information content (AvgIpc) is 2.08. The van der Waals surface area contributed by atoms with Gasteiger partial charge in [-0.2, -0.15) is 0 Å². The molecular weight excluding hydrogens is 235 g/mol. The van der Waals surface area contributed by atoms with Crippen LogP contribution < -0.4 is 11.1 Å². The molecule has 1 amide bonds. The SMILES string of the molecule is CS(=O)(=O)CC(=O)Nc1ccc(F)c(N)c1. The maximum atomic E-state index is 12.8. The molecule has 1 rings (SSSR count). The summed E-state index contributed by atoms with van der Waals surface area (Å²) in [6.45, 7) is 0. The highest BCUT2D eigenvalue weighted by Crippen LogP contribution is 2.16. The quantitative estimate of drug-likeness (QED) is 0.755. The van der Waals surface area contributed by atoms with Crippen LogP contribution in [0.15, 0.2) is 18.2 Å². The maximum Gasteiger partial charge on any atom is 0.239 e. The van der Waals surface area contributed by atoms with Crippen LogP contribution in [0.4, 0.5) is 15.8 Å². The Kier molecular flexibility index (Phi) is 3.48. The number of halogens is 1. The van der Waals surface area contributed by atoms with Crippen LogP contribution in [0.2, 0.25) is 0 Å². The molecule has 5 nitrogen and oxygen atoms in total. The van der Waals surface area contributed by atoms with Gasteiger partial charge in [0, 0.05) is 11.9 Å². The summed E-state index contributed by atoms with van der Waals surface area (Å²) in [6, 6.07) is 3.60. The average molecular weight is 246 g/mol. The molecule has 0 saturated carbocycles. The second kappa shape index (κ2) is 4.48. The minimum atomic E-state index is -3.38. The first-order valence-electron chi connectivity index (χ1n) is 4.30. The van der Waals surface area contributed by atoms with E-state index in [-0.39, 0.29) is 11.4 Å². The Labute approximate surface area is 92.4 Å². The van der Waals surface area contributed by atoms with E-state index in [4.69, 9.17) is 5.73 Å². The number of anilines is 2. The third-order valence-corrected chi connectivity index (χ3v) is 2.46. The predicted octanol–water partition coefficient (Wildman–Crippen LogP) is 0.391. The standard InChI is InChI=1S/C9H11FN2O3S/c1-16(14,15)5-9(13)12-6-2-3-7(10)8(11)4-6/h2-4H,5,11H2,1H3,(H,12,13). The summed E-state index contributed by atoms with van der Waals surface area (Å²) in [5.41, 5.74) is 5.42. The number of hydrogen-bond donors (Lipinski definition) is 2. The minimum Gasteiger partial charge on any atom is -0.396 e. The van der Waals surface area contributed by atoms with Crippen molar-refractivity contribution in [3.63, 3.8) is 0 Å². The van der Waals surface area contributed by atoms with E-state index in [1.165, 1.54) is 12.1 Å². The molecule has 0 aliphatic carbocycles. The van der Waals surface area contributed by atoms with E-state index in [1.54, 1.807) is 0 Å². The third kappa shape index (κ3) is 3.85. The largest absolute Gasteiger partial charge is 0.396 e. The van der Waals surface area contributed by atoms with E-state index >= 15 is 0 Å². The Morgan fingerprint density at radius 3 is 2.62 bits per heavy atom. The van der Waals surface area contributed by atoms with Crippen LogP contribution in [0.1, 0.15) is 0 Å². The van der Waals surface area contributed by atoms with Crippen LogP contribution in [-0.2, 0) is 14.6 Å². The van der Waals surface area contributed by atoms with Crippen molar-refractivity contribution in [1.29, 1.82) is 0 Å². The molecule has 88 valence electrons. The number of hydrogen-bond acceptors (Lipinski definition) is 4. The van der Waals surface area contributed by atoms with Crippen LogP contribution >= 0.6 is 0 Å². The number of nitrogens with two attached hydrogens (primary N) is 1.